The van der Waals surface area contributed by atoms with E-state index in [9.17, 15) is 4.79 Å². The molecule has 0 aliphatic carbocycles. The van der Waals surface area contributed by atoms with Crippen LogP contribution in [-0.4, -0.2) is 22.7 Å². The Labute approximate surface area is 86.9 Å². The van der Waals surface area contributed by atoms with E-state index in [0.717, 1.165) is 6.42 Å². The van der Waals surface area contributed by atoms with Crippen LogP contribution in [0, 0.1) is 5.92 Å². The molecule has 0 aromatic carbocycles. The lowest BCUT2D eigenvalue weighted by Gasteiger charge is -2.32. The van der Waals surface area contributed by atoms with Gasteiger partial charge >= 0.3 is 5.97 Å². The molecule has 3 heteroatoms. The Balaban J connectivity index is 4.50. The van der Waals surface area contributed by atoms with Crippen LogP contribution in [0.1, 0.15) is 47.5 Å². The molecule has 0 heterocycles. The molecular weight excluding hydrogens is 178 g/mol. The van der Waals surface area contributed by atoms with Crippen LogP contribution in [0.2, 0.25) is 0 Å². The summed E-state index contributed by atoms with van der Waals surface area (Å²) in [4.78, 5) is 11.1. The second-order valence-corrected chi connectivity index (χ2v) is 4.39. The van der Waals surface area contributed by atoms with Crippen LogP contribution in [0.5, 0.6) is 0 Å². The molecule has 0 aliphatic rings. The van der Waals surface area contributed by atoms with Gasteiger partial charge in [-0.15, -0.1) is 0 Å². The van der Waals surface area contributed by atoms with Gasteiger partial charge in [0.05, 0.1) is 0 Å². The summed E-state index contributed by atoms with van der Waals surface area (Å²) in [5.74, 6) is -0.302. The fraction of sp³-hybridized carbons (Fsp3) is 0.909. The van der Waals surface area contributed by atoms with Gasteiger partial charge in [-0.2, -0.15) is 0 Å². The van der Waals surface area contributed by atoms with Crippen LogP contribution < -0.4 is 5.32 Å². The van der Waals surface area contributed by atoms with Gasteiger partial charge in [-0.05, 0) is 25.7 Å². The quantitative estimate of drug-likeness (QED) is 0.693. The van der Waals surface area contributed by atoms with Gasteiger partial charge < -0.3 is 5.11 Å². The third-order valence-corrected chi connectivity index (χ3v) is 2.93. The van der Waals surface area contributed by atoms with Gasteiger partial charge in [0, 0.05) is 6.04 Å². The number of aliphatic carboxylic acids is 1. The first-order valence-corrected chi connectivity index (χ1v) is 5.38. The standard InChI is InChI=1S/C11H23NO2/c1-6-9(8(3)4)12-11(5,7-2)10(13)14/h8-9,12H,6-7H2,1-5H3,(H,13,14). The van der Waals surface area contributed by atoms with Crippen molar-refractivity contribution in [1.82, 2.24) is 5.32 Å². The Hall–Kier alpha value is -0.570. The molecule has 2 N–H and O–H groups in total. The second-order valence-electron chi connectivity index (χ2n) is 4.39. The van der Waals surface area contributed by atoms with Crippen molar-refractivity contribution >= 4 is 5.97 Å². The zero-order valence-electron chi connectivity index (χ0n) is 9.92. The molecule has 0 bridgehead atoms. The Morgan fingerprint density at radius 3 is 2.14 bits per heavy atom. The highest BCUT2D eigenvalue weighted by Gasteiger charge is 2.33. The Morgan fingerprint density at radius 2 is 1.93 bits per heavy atom. The molecule has 0 amide bonds. The predicted octanol–water partition coefficient (Wildman–Crippen LogP) is 2.26. The van der Waals surface area contributed by atoms with Crippen molar-refractivity contribution in [3.63, 3.8) is 0 Å². The number of hydrogen-bond donors (Lipinski definition) is 2. The van der Waals surface area contributed by atoms with E-state index in [1.54, 1.807) is 6.92 Å². The van der Waals surface area contributed by atoms with Crippen molar-refractivity contribution in [3.05, 3.63) is 0 Å². The predicted molar refractivity (Wildman–Crippen MR) is 58.4 cm³/mol. The molecule has 0 aliphatic heterocycles. The summed E-state index contributed by atoms with van der Waals surface area (Å²) in [5, 5.41) is 12.3. The zero-order chi connectivity index (χ0) is 11.4. The van der Waals surface area contributed by atoms with E-state index in [0.29, 0.717) is 12.3 Å². The highest BCUT2D eigenvalue weighted by atomic mass is 16.4. The molecule has 0 rings (SSSR count). The van der Waals surface area contributed by atoms with Crippen molar-refractivity contribution < 1.29 is 9.90 Å². The number of hydrogen-bond acceptors (Lipinski definition) is 2. The Bertz CT molecular complexity index is 192. The van der Waals surface area contributed by atoms with E-state index in [1.807, 2.05) is 6.92 Å². The maximum atomic E-state index is 11.1. The molecular formula is C11H23NO2. The molecule has 2 unspecified atom stereocenters. The zero-order valence-corrected chi connectivity index (χ0v) is 9.92. The van der Waals surface area contributed by atoms with Crippen LogP contribution in [0.4, 0.5) is 0 Å². The maximum Gasteiger partial charge on any atom is 0.323 e. The Morgan fingerprint density at radius 1 is 1.43 bits per heavy atom. The van der Waals surface area contributed by atoms with Crippen molar-refractivity contribution in [2.24, 2.45) is 5.92 Å². The van der Waals surface area contributed by atoms with Crippen molar-refractivity contribution in [3.8, 4) is 0 Å². The van der Waals surface area contributed by atoms with E-state index in [1.165, 1.54) is 0 Å². The summed E-state index contributed by atoms with van der Waals surface area (Å²) in [6, 6.07) is 0.274. The first-order valence-electron chi connectivity index (χ1n) is 5.38. The van der Waals surface area contributed by atoms with Gasteiger partial charge in [0.25, 0.3) is 0 Å². The summed E-state index contributed by atoms with van der Waals surface area (Å²) in [7, 11) is 0. The van der Waals surface area contributed by atoms with E-state index in [2.05, 4.69) is 26.1 Å². The van der Waals surface area contributed by atoms with Crippen LogP contribution in [0.15, 0.2) is 0 Å². The first-order chi connectivity index (χ1) is 6.37. The van der Waals surface area contributed by atoms with Crippen molar-refractivity contribution in [2.45, 2.75) is 59.0 Å². The summed E-state index contributed by atoms with van der Waals surface area (Å²) in [6.07, 6.45) is 1.56. The molecule has 0 saturated heterocycles. The summed E-state index contributed by atoms with van der Waals surface area (Å²) >= 11 is 0. The highest BCUT2D eigenvalue weighted by Crippen LogP contribution is 2.15. The number of carbonyl (C=O) groups is 1. The third-order valence-electron chi connectivity index (χ3n) is 2.93. The lowest BCUT2D eigenvalue weighted by molar-refractivity contribution is -0.144. The lowest BCUT2D eigenvalue weighted by Crippen LogP contribution is -2.54. The molecule has 0 fully saturated rings. The molecule has 0 aromatic rings. The average Bonchev–Trinajstić information content (AvgIpc) is 2.12. The van der Waals surface area contributed by atoms with Crippen LogP contribution in [0.25, 0.3) is 0 Å². The minimum Gasteiger partial charge on any atom is -0.480 e. The largest absolute Gasteiger partial charge is 0.480 e. The minimum atomic E-state index is -0.787. The topological polar surface area (TPSA) is 49.3 Å². The summed E-state index contributed by atoms with van der Waals surface area (Å²) in [5.41, 5.74) is -0.787. The SMILES string of the molecule is CCC(NC(C)(CC)C(=O)O)C(C)C. The fourth-order valence-corrected chi connectivity index (χ4v) is 1.46. The monoisotopic (exact) mass is 201 g/mol. The smallest absolute Gasteiger partial charge is 0.323 e. The molecule has 0 spiro atoms. The highest BCUT2D eigenvalue weighted by molar-refractivity contribution is 5.78. The van der Waals surface area contributed by atoms with Gasteiger partial charge in [-0.25, -0.2) is 0 Å². The third kappa shape index (κ3) is 3.29. The van der Waals surface area contributed by atoms with Gasteiger partial charge in [0.15, 0.2) is 0 Å². The van der Waals surface area contributed by atoms with E-state index < -0.39 is 11.5 Å². The molecule has 0 aromatic heterocycles. The van der Waals surface area contributed by atoms with E-state index in [-0.39, 0.29) is 6.04 Å². The maximum absolute atomic E-state index is 11.1. The van der Waals surface area contributed by atoms with Crippen molar-refractivity contribution in [1.29, 1.82) is 0 Å². The molecule has 0 radical (unpaired) electrons. The number of carboxylic acid groups (broad SMARTS) is 1. The summed E-state index contributed by atoms with van der Waals surface area (Å²) < 4.78 is 0. The Kier molecular flexibility index (Phi) is 5.13. The molecule has 0 saturated carbocycles. The lowest BCUT2D eigenvalue weighted by atomic mass is 9.93. The van der Waals surface area contributed by atoms with Gasteiger partial charge in [-0.1, -0.05) is 27.7 Å². The molecule has 14 heavy (non-hydrogen) atoms. The minimum absolute atomic E-state index is 0.274. The fourth-order valence-electron chi connectivity index (χ4n) is 1.46. The van der Waals surface area contributed by atoms with Gasteiger partial charge in [0.2, 0.25) is 0 Å². The van der Waals surface area contributed by atoms with Crippen LogP contribution in [0.3, 0.4) is 0 Å². The molecule has 84 valence electrons. The van der Waals surface area contributed by atoms with Gasteiger partial charge in [-0.3, -0.25) is 10.1 Å². The van der Waals surface area contributed by atoms with Crippen LogP contribution >= 0.6 is 0 Å². The first kappa shape index (κ1) is 13.4. The second kappa shape index (κ2) is 5.35. The molecule has 2 atom stereocenters. The van der Waals surface area contributed by atoms with E-state index in [4.69, 9.17) is 5.11 Å². The van der Waals surface area contributed by atoms with Gasteiger partial charge in [0.1, 0.15) is 5.54 Å². The average molecular weight is 201 g/mol. The van der Waals surface area contributed by atoms with E-state index >= 15 is 0 Å². The molecule has 3 nitrogen and oxygen atoms in total. The number of nitrogens with one attached hydrogen (secondary N) is 1. The van der Waals surface area contributed by atoms with Crippen molar-refractivity contribution in [2.75, 3.05) is 0 Å². The van der Waals surface area contributed by atoms with Crippen LogP contribution in [-0.2, 0) is 4.79 Å². The number of carboxylic acids is 1. The normalized spacial score (nSPS) is 17.9. The summed E-state index contributed by atoms with van der Waals surface area (Å²) in [6.45, 7) is 9.95. The number of rotatable bonds is 6.